The molecule has 19 heavy (non-hydrogen) atoms. The standard InChI is InChI=1S/C8H18.2C5H12.CH4/c1-7(2,3)8(4,5)6;2*1-5(2,3)4;/h1-6H3;2*1-4H3;1H4. The van der Waals surface area contributed by atoms with Gasteiger partial charge in [-0.25, -0.2) is 0 Å². The zero-order valence-electron chi connectivity index (χ0n) is 16.0. The van der Waals surface area contributed by atoms with Crippen LogP contribution in [0.3, 0.4) is 0 Å². The molecule has 0 bridgehead atoms. The predicted molar refractivity (Wildman–Crippen MR) is 95.9 cm³/mol. The van der Waals surface area contributed by atoms with Crippen molar-refractivity contribution in [1.82, 2.24) is 0 Å². The summed E-state index contributed by atoms with van der Waals surface area (Å²) in [5, 5.41) is 0. The molecular formula is C19H46. The van der Waals surface area contributed by atoms with E-state index in [1.54, 1.807) is 0 Å². The van der Waals surface area contributed by atoms with Crippen molar-refractivity contribution >= 4 is 0 Å². The van der Waals surface area contributed by atoms with E-state index in [2.05, 4.69) is 96.9 Å². The minimum Gasteiger partial charge on any atom is -0.0776 e. The highest BCUT2D eigenvalue weighted by Gasteiger charge is 2.26. The van der Waals surface area contributed by atoms with Gasteiger partial charge in [0, 0.05) is 0 Å². The summed E-state index contributed by atoms with van der Waals surface area (Å²) in [6.07, 6.45) is 0. The van der Waals surface area contributed by atoms with E-state index in [-0.39, 0.29) is 7.43 Å². The van der Waals surface area contributed by atoms with Crippen LogP contribution in [0.4, 0.5) is 0 Å². The van der Waals surface area contributed by atoms with Crippen LogP contribution in [0.15, 0.2) is 0 Å². The first-order valence-corrected chi connectivity index (χ1v) is 7.25. The van der Waals surface area contributed by atoms with Gasteiger partial charge in [0.15, 0.2) is 0 Å². The zero-order chi connectivity index (χ0) is 16.0. The molecule has 0 radical (unpaired) electrons. The second kappa shape index (κ2) is 9.03. The van der Waals surface area contributed by atoms with E-state index < -0.39 is 0 Å². The normalized spacial score (nSPS) is 12.3. The fourth-order valence-electron chi connectivity index (χ4n) is 0. The van der Waals surface area contributed by atoms with E-state index >= 15 is 0 Å². The molecular weight excluding hydrogens is 228 g/mol. The molecule has 0 fully saturated rings. The third-order valence-electron chi connectivity index (χ3n) is 2.25. The van der Waals surface area contributed by atoms with Crippen molar-refractivity contribution in [1.29, 1.82) is 0 Å². The van der Waals surface area contributed by atoms with Crippen molar-refractivity contribution < 1.29 is 0 Å². The number of hydrogen-bond donors (Lipinski definition) is 0. The van der Waals surface area contributed by atoms with E-state index in [4.69, 9.17) is 0 Å². The molecule has 0 heteroatoms. The molecule has 0 aliphatic carbocycles. The van der Waals surface area contributed by atoms with Crippen LogP contribution in [0.2, 0.25) is 0 Å². The first-order chi connectivity index (χ1) is 7.25. The van der Waals surface area contributed by atoms with Crippen molar-refractivity contribution in [3.8, 4) is 0 Å². The molecule has 0 aliphatic heterocycles. The van der Waals surface area contributed by atoms with Gasteiger partial charge in [-0.1, -0.05) is 104 Å². The molecule has 0 aromatic heterocycles. The topological polar surface area (TPSA) is 0 Å². The highest BCUT2D eigenvalue weighted by atomic mass is 14.3. The predicted octanol–water partition coefficient (Wildman–Crippen LogP) is 7.82. The molecule has 0 saturated carbocycles. The van der Waals surface area contributed by atoms with Crippen molar-refractivity contribution in [3.05, 3.63) is 0 Å². The summed E-state index contributed by atoms with van der Waals surface area (Å²) in [5.74, 6) is 0. The van der Waals surface area contributed by atoms with Crippen molar-refractivity contribution in [2.24, 2.45) is 21.7 Å². The Bertz CT molecular complexity index is 146. The largest absolute Gasteiger partial charge is 0.0776 e. The van der Waals surface area contributed by atoms with Crippen LogP contribution in [0, 0.1) is 21.7 Å². The van der Waals surface area contributed by atoms with Crippen LogP contribution in [-0.4, -0.2) is 0 Å². The van der Waals surface area contributed by atoms with Gasteiger partial charge in [0.25, 0.3) is 0 Å². The maximum Gasteiger partial charge on any atom is -0.0334 e. The van der Waals surface area contributed by atoms with Gasteiger partial charge in [-0.05, 0) is 21.7 Å². The Kier molecular flexibility index (Phi) is 13.0. The van der Waals surface area contributed by atoms with Gasteiger partial charge in [-0.15, -0.1) is 0 Å². The fraction of sp³-hybridized carbons (Fsp3) is 1.00. The quantitative estimate of drug-likeness (QED) is 0.422. The van der Waals surface area contributed by atoms with Gasteiger partial charge in [-0.3, -0.25) is 0 Å². The number of hydrogen-bond acceptors (Lipinski definition) is 0. The Labute approximate surface area is 126 Å². The molecule has 0 aliphatic rings. The lowest BCUT2D eigenvalue weighted by molar-refractivity contribution is 0.157. The first-order valence-electron chi connectivity index (χ1n) is 7.25. The maximum absolute atomic E-state index is 2.27. The Morgan fingerprint density at radius 3 is 0.368 bits per heavy atom. The Morgan fingerprint density at radius 2 is 0.368 bits per heavy atom. The van der Waals surface area contributed by atoms with Crippen LogP contribution in [0.5, 0.6) is 0 Å². The Morgan fingerprint density at radius 1 is 0.316 bits per heavy atom. The summed E-state index contributed by atoms with van der Waals surface area (Å²) in [6, 6.07) is 0. The molecule has 0 nitrogen and oxygen atoms in total. The molecule has 0 rings (SSSR count). The third-order valence-corrected chi connectivity index (χ3v) is 2.25. The van der Waals surface area contributed by atoms with E-state index in [0.717, 1.165) is 0 Å². The molecule has 0 aromatic carbocycles. The highest BCUT2D eigenvalue weighted by molar-refractivity contribution is 4.77. The number of rotatable bonds is 0. The van der Waals surface area contributed by atoms with Crippen LogP contribution < -0.4 is 0 Å². The summed E-state index contributed by atoms with van der Waals surface area (Å²) in [4.78, 5) is 0. The molecule has 0 atom stereocenters. The minimum absolute atomic E-state index is 0. The van der Waals surface area contributed by atoms with Gasteiger partial charge in [0.1, 0.15) is 0 Å². The van der Waals surface area contributed by atoms with Crippen LogP contribution in [0.25, 0.3) is 0 Å². The van der Waals surface area contributed by atoms with Crippen molar-refractivity contribution in [2.75, 3.05) is 0 Å². The molecule has 0 heterocycles. The third kappa shape index (κ3) is 56.9. The molecule has 0 aromatic rings. The summed E-state index contributed by atoms with van der Waals surface area (Å²) < 4.78 is 0. The van der Waals surface area contributed by atoms with Crippen molar-refractivity contribution in [3.63, 3.8) is 0 Å². The first kappa shape index (κ1) is 27.4. The Balaban J connectivity index is -0.0000000906. The molecule has 0 amide bonds. The van der Waals surface area contributed by atoms with Crippen LogP contribution in [-0.2, 0) is 0 Å². The zero-order valence-corrected chi connectivity index (χ0v) is 16.0. The highest BCUT2D eigenvalue weighted by Crippen LogP contribution is 2.36. The van der Waals surface area contributed by atoms with Gasteiger partial charge in [0.05, 0.1) is 0 Å². The molecule has 0 N–H and O–H groups in total. The van der Waals surface area contributed by atoms with Gasteiger partial charge in [0.2, 0.25) is 0 Å². The van der Waals surface area contributed by atoms with Gasteiger partial charge in [-0.2, -0.15) is 0 Å². The monoisotopic (exact) mass is 274 g/mol. The summed E-state index contributed by atoms with van der Waals surface area (Å²) in [5.41, 5.74) is 1.88. The van der Waals surface area contributed by atoms with Gasteiger partial charge < -0.3 is 0 Å². The summed E-state index contributed by atoms with van der Waals surface area (Å²) in [7, 11) is 0. The smallest absolute Gasteiger partial charge is 0.0334 e. The average molecular weight is 275 g/mol. The van der Waals surface area contributed by atoms with E-state index in [0.29, 0.717) is 21.7 Å². The second-order valence-electron chi connectivity index (χ2n) is 10.5. The van der Waals surface area contributed by atoms with Crippen LogP contribution in [0.1, 0.15) is 104 Å². The second-order valence-corrected chi connectivity index (χ2v) is 10.5. The fourth-order valence-corrected chi connectivity index (χ4v) is 0. The lowest BCUT2D eigenvalue weighted by atomic mass is 9.71. The summed E-state index contributed by atoms with van der Waals surface area (Å²) >= 11 is 0. The van der Waals surface area contributed by atoms with Crippen LogP contribution >= 0.6 is 0 Å². The molecule has 0 unspecified atom stereocenters. The summed E-state index contributed by atoms with van der Waals surface area (Å²) in [6.45, 7) is 31.1. The van der Waals surface area contributed by atoms with Crippen molar-refractivity contribution in [2.45, 2.75) is 104 Å². The molecule has 0 saturated heterocycles. The minimum atomic E-state index is 0. The van der Waals surface area contributed by atoms with E-state index in [1.165, 1.54) is 0 Å². The lowest BCUT2D eigenvalue weighted by Crippen LogP contribution is -2.25. The molecule has 122 valence electrons. The lowest BCUT2D eigenvalue weighted by Gasteiger charge is -2.34. The van der Waals surface area contributed by atoms with E-state index in [9.17, 15) is 0 Å². The maximum atomic E-state index is 2.27. The Hall–Kier alpha value is 0. The molecule has 0 spiro atoms. The van der Waals surface area contributed by atoms with E-state index in [1.807, 2.05) is 0 Å². The van der Waals surface area contributed by atoms with Gasteiger partial charge >= 0.3 is 0 Å². The average Bonchev–Trinajstić information content (AvgIpc) is 1.70. The SMILES string of the molecule is C.CC(C)(C)C.CC(C)(C)C.CC(C)(C)C(C)(C)C.